The molecule has 0 fully saturated rings. The lowest BCUT2D eigenvalue weighted by molar-refractivity contribution is -0.870. The van der Waals surface area contributed by atoms with Crippen LogP contribution in [0.4, 0.5) is 0 Å². The van der Waals surface area contributed by atoms with Crippen molar-refractivity contribution >= 4 is 13.7 Å². The predicted molar refractivity (Wildman–Crippen MR) is 253 cm³/mol. The number of carbonyl (C=O) groups is 1. The van der Waals surface area contributed by atoms with Crippen molar-refractivity contribution in [1.29, 1.82) is 0 Å². The molecule has 1 amide bonds. The minimum absolute atomic E-state index is 0.0469. The summed E-state index contributed by atoms with van der Waals surface area (Å²) in [5.74, 6) is -0.209. The molecular weight excluding hydrogens is 756 g/mol. The molecule has 0 heterocycles. The number of nitrogens with one attached hydrogen (secondary N) is 1. The number of aliphatic hydroxyl groups is 1. The standard InChI is InChI=1S/C50H85N2O6P/c1-6-8-10-12-14-16-17-18-19-20-21-22-23-24-25-26-27-28-29-30-31-32-33-34-35-36-38-40-42-44-50(54)51-48(47-58-59(55,56)57-46-45-52(3,4)5)49(53)43-41-39-37-15-13-11-9-7-2/h8,10,13-16,18-19,21-22,24-25,27-28,30-31,41,43,48-49,53H,6-7,9,11-12,17,20,23,26,29,32-40,42,44-47H2,1-5H3,(H-,51,54,55,56)/p+1/b10-8-,15-13+,16-14-,19-18-,22-21-,25-24-,28-27-,31-30-,43-41+. The summed E-state index contributed by atoms with van der Waals surface area (Å²) >= 11 is 0. The van der Waals surface area contributed by atoms with Crippen molar-refractivity contribution in [1.82, 2.24) is 5.32 Å². The van der Waals surface area contributed by atoms with E-state index in [4.69, 9.17) is 9.05 Å². The summed E-state index contributed by atoms with van der Waals surface area (Å²) in [5.41, 5.74) is 0. The Morgan fingerprint density at radius 1 is 0.593 bits per heavy atom. The van der Waals surface area contributed by atoms with Gasteiger partial charge in [-0.2, -0.15) is 0 Å². The Morgan fingerprint density at radius 3 is 1.56 bits per heavy atom. The summed E-state index contributed by atoms with van der Waals surface area (Å²) < 4.78 is 23.4. The van der Waals surface area contributed by atoms with Gasteiger partial charge >= 0.3 is 7.82 Å². The van der Waals surface area contributed by atoms with Crippen LogP contribution in [0, 0.1) is 0 Å². The number of hydrogen-bond donors (Lipinski definition) is 3. The Labute approximate surface area is 361 Å². The van der Waals surface area contributed by atoms with Crippen LogP contribution in [-0.2, 0) is 18.4 Å². The zero-order valence-corrected chi connectivity index (χ0v) is 38.8. The summed E-state index contributed by atoms with van der Waals surface area (Å²) in [7, 11) is 1.52. The fourth-order valence-corrected chi connectivity index (χ4v) is 6.34. The van der Waals surface area contributed by atoms with Gasteiger partial charge in [-0.3, -0.25) is 13.8 Å². The minimum Gasteiger partial charge on any atom is -0.387 e. The maximum atomic E-state index is 12.8. The Bertz CT molecular complexity index is 1320. The monoisotopic (exact) mass is 842 g/mol. The van der Waals surface area contributed by atoms with Gasteiger partial charge in [0.2, 0.25) is 5.91 Å². The third-order valence-electron chi connectivity index (χ3n) is 9.23. The highest BCUT2D eigenvalue weighted by molar-refractivity contribution is 7.47. The number of carbonyl (C=O) groups excluding carboxylic acids is 1. The SMILES string of the molecule is CC/C=C\C/C=C\C/C=C\C/C=C\C/C=C\C/C=C\C/C=C\CCCCCCCCCC(=O)NC(COP(=O)(O)OCC[N+](C)(C)C)C(O)/C=C/CC/C=C/CCCC. The normalized spacial score (nSPS) is 15.3. The van der Waals surface area contributed by atoms with Crippen molar-refractivity contribution in [3.05, 3.63) is 109 Å². The number of likely N-dealkylation sites (N-methyl/N-ethyl adjacent to an activating group) is 1. The molecule has 0 aromatic carbocycles. The molecule has 0 aromatic rings. The van der Waals surface area contributed by atoms with Gasteiger partial charge in [-0.1, -0.05) is 168 Å². The van der Waals surface area contributed by atoms with Crippen LogP contribution >= 0.6 is 7.82 Å². The molecule has 0 saturated carbocycles. The number of phosphoric ester groups is 1. The largest absolute Gasteiger partial charge is 0.472 e. The molecule has 0 rings (SSSR count). The molecule has 0 radical (unpaired) electrons. The Morgan fingerprint density at radius 2 is 1.03 bits per heavy atom. The molecule has 0 aromatic heterocycles. The second kappa shape index (κ2) is 40.6. The zero-order chi connectivity index (χ0) is 43.6. The quantitative estimate of drug-likeness (QED) is 0.0246. The van der Waals surface area contributed by atoms with E-state index in [0.29, 0.717) is 17.4 Å². The molecule has 3 unspecified atom stereocenters. The predicted octanol–water partition coefficient (Wildman–Crippen LogP) is 12.9. The first-order chi connectivity index (χ1) is 28.5. The Hall–Kier alpha value is -2.84. The van der Waals surface area contributed by atoms with Crippen LogP contribution in [0.3, 0.4) is 0 Å². The first kappa shape index (κ1) is 56.2. The number of amides is 1. The summed E-state index contributed by atoms with van der Waals surface area (Å²) in [6.45, 7) is 4.55. The average Bonchev–Trinajstić information content (AvgIpc) is 3.19. The van der Waals surface area contributed by atoms with Crippen LogP contribution < -0.4 is 5.32 Å². The highest BCUT2D eigenvalue weighted by Crippen LogP contribution is 2.43. The zero-order valence-electron chi connectivity index (χ0n) is 37.9. The smallest absolute Gasteiger partial charge is 0.387 e. The van der Waals surface area contributed by atoms with Gasteiger partial charge in [0.05, 0.1) is 39.9 Å². The molecule has 59 heavy (non-hydrogen) atoms. The van der Waals surface area contributed by atoms with Gasteiger partial charge < -0.3 is 19.8 Å². The number of nitrogens with zero attached hydrogens (tertiary/aromatic N) is 1. The number of aliphatic hydroxyl groups excluding tert-OH is 1. The maximum Gasteiger partial charge on any atom is 0.472 e. The lowest BCUT2D eigenvalue weighted by atomic mass is 10.1. The molecule has 0 aliphatic rings. The first-order valence-electron chi connectivity index (χ1n) is 22.8. The molecule has 0 aliphatic carbocycles. The number of unbranched alkanes of at least 4 members (excludes halogenated alkanes) is 10. The maximum absolute atomic E-state index is 12.8. The second-order valence-electron chi connectivity index (χ2n) is 16.0. The van der Waals surface area contributed by atoms with Crippen LogP contribution in [0.1, 0.15) is 149 Å². The third-order valence-corrected chi connectivity index (χ3v) is 10.2. The average molecular weight is 842 g/mol. The number of rotatable bonds is 39. The van der Waals surface area contributed by atoms with Gasteiger partial charge in [0, 0.05) is 6.42 Å². The second-order valence-corrected chi connectivity index (χ2v) is 17.5. The van der Waals surface area contributed by atoms with E-state index in [0.717, 1.165) is 96.3 Å². The van der Waals surface area contributed by atoms with E-state index in [1.807, 2.05) is 27.2 Å². The lowest BCUT2D eigenvalue weighted by Gasteiger charge is -2.25. The van der Waals surface area contributed by atoms with E-state index in [2.05, 4.69) is 116 Å². The van der Waals surface area contributed by atoms with Crippen molar-refractivity contribution in [2.75, 3.05) is 40.9 Å². The summed E-state index contributed by atoms with van der Waals surface area (Å²) in [6, 6.07) is -0.874. The van der Waals surface area contributed by atoms with E-state index in [1.165, 1.54) is 32.1 Å². The molecule has 0 spiro atoms. The van der Waals surface area contributed by atoms with Crippen molar-refractivity contribution in [3.8, 4) is 0 Å². The van der Waals surface area contributed by atoms with Gasteiger partial charge in [-0.15, -0.1) is 0 Å². The molecule has 9 heteroatoms. The van der Waals surface area contributed by atoms with E-state index in [1.54, 1.807) is 6.08 Å². The Balaban J connectivity index is 4.22. The molecular formula is C50H86N2O6P+. The fourth-order valence-electron chi connectivity index (χ4n) is 5.61. The molecule has 3 N–H and O–H groups in total. The first-order valence-corrected chi connectivity index (χ1v) is 24.3. The number of allylic oxidation sites excluding steroid dienone is 17. The topological polar surface area (TPSA) is 105 Å². The van der Waals surface area contributed by atoms with Crippen molar-refractivity contribution in [2.45, 2.75) is 161 Å². The van der Waals surface area contributed by atoms with Gasteiger partial charge in [0.1, 0.15) is 13.2 Å². The van der Waals surface area contributed by atoms with E-state index >= 15 is 0 Å². The summed E-state index contributed by atoms with van der Waals surface area (Å²) in [4.78, 5) is 23.0. The van der Waals surface area contributed by atoms with Gasteiger partial charge in [-0.25, -0.2) is 4.57 Å². The Kier molecular flexibility index (Phi) is 38.6. The molecule has 3 atom stereocenters. The lowest BCUT2D eigenvalue weighted by Crippen LogP contribution is -2.45. The van der Waals surface area contributed by atoms with Gasteiger partial charge in [0.15, 0.2) is 0 Å². The third kappa shape index (κ3) is 43.1. The minimum atomic E-state index is -4.35. The van der Waals surface area contributed by atoms with Crippen LogP contribution in [0.5, 0.6) is 0 Å². The van der Waals surface area contributed by atoms with Gasteiger partial charge in [-0.05, 0) is 83.5 Å². The molecule has 0 bridgehead atoms. The van der Waals surface area contributed by atoms with E-state index < -0.39 is 20.0 Å². The van der Waals surface area contributed by atoms with Crippen molar-refractivity contribution in [2.24, 2.45) is 0 Å². The van der Waals surface area contributed by atoms with E-state index in [9.17, 15) is 19.4 Å². The van der Waals surface area contributed by atoms with Crippen LogP contribution in [0.25, 0.3) is 0 Å². The summed E-state index contributed by atoms with van der Waals surface area (Å²) in [5, 5.41) is 13.7. The number of quaternary nitrogens is 1. The van der Waals surface area contributed by atoms with Crippen LogP contribution in [0.2, 0.25) is 0 Å². The highest BCUT2D eigenvalue weighted by atomic mass is 31.2. The molecule has 0 saturated heterocycles. The molecule has 336 valence electrons. The molecule has 8 nitrogen and oxygen atoms in total. The summed E-state index contributed by atoms with van der Waals surface area (Å²) in [6.07, 6.45) is 59.0. The van der Waals surface area contributed by atoms with Crippen molar-refractivity contribution < 1.29 is 32.9 Å². The fraction of sp³-hybridized carbons (Fsp3) is 0.620. The van der Waals surface area contributed by atoms with Crippen LogP contribution in [0.15, 0.2) is 109 Å². The van der Waals surface area contributed by atoms with E-state index in [-0.39, 0.29) is 19.1 Å². The number of phosphoric acid groups is 1. The highest BCUT2D eigenvalue weighted by Gasteiger charge is 2.27. The van der Waals surface area contributed by atoms with Gasteiger partial charge in [0.25, 0.3) is 0 Å². The number of hydrogen-bond acceptors (Lipinski definition) is 5. The van der Waals surface area contributed by atoms with Crippen LogP contribution in [-0.4, -0.2) is 73.4 Å². The van der Waals surface area contributed by atoms with Crippen molar-refractivity contribution in [3.63, 3.8) is 0 Å². The molecule has 0 aliphatic heterocycles.